The second-order valence-electron chi connectivity index (χ2n) is 5.04. The van der Waals surface area contributed by atoms with E-state index in [0.29, 0.717) is 12.1 Å². The Morgan fingerprint density at radius 3 is 2.75 bits per heavy atom. The second kappa shape index (κ2) is 4.53. The topological polar surface area (TPSA) is 42.7 Å². The van der Waals surface area contributed by atoms with E-state index in [1.165, 1.54) is 50.8 Å². The Morgan fingerprint density at radius 2 is 2.00 bits per heavy atom. The van der Waals surface area contributed by atoms with Crippen molar-refractivity contribution < 1.29 is 0 Å². The van der Waals surface area contributed by atoms with Crippen LogP contribution in [0.15, 0.2) is 6.33 Å². The van der Waals surface area contributed by atoms with Crippen LogP contribution in [0.1, 0.15) is 62.9 Å². The van der Waals surface area contributed by atoms with Crippen LogP contribution in [0.3, 0.4) is 0 Å². The molecule has 1 aliphatic carbocycles. The zero-order valence-corrected chi connectivity index (χ0v) is 9.73. The molecule has 2 aliphatic rings. The fraction of sp³-hybridized carbons (Fsp3) is 0.833. The van der Waals surface area contributed by atoms with E-state index < -0.39 is 0 Å². The molecule has 0 radical (unpaired) electrons. The fourth-order valence-corrected chi connectivity index (χ4v) is 3.05. The lowest BCUT2D eigenvalue weighted by Crippen LogP contribution is -2.21. The monoisotopic (exact) mass is 220 g/mol. The van der Waals surface area contributed by atoms with Gasteiger partial charge in [-0.3, -0.25) is 0 Å². The highest BCUT2D eigenvalue weighted by atomic mass is 15.3. The van der Waals surface area contributed by atoms with Crippen molar-refractivity contribution in [3.63, 3.8) is 0 Å². The summed E-state index contributed by atoms with van der Waals surface area (Å²) in [7, 11) is 0. The van der Waals surface area contributed by atoms with Gasteiger partial charge in [-0.1, -0.05) is 19.3 Å². The van der Waals surface area contributed by atoms with Gasteiger partial charge in [0.05, 0.1) is 6.04 Å². The largest absolute Gasteiger partial charge is 0.313 e. The van der Waals surface area contributed by atoms with Crippen molar-refractivity contribution in [2.45, 2.75) is 57.0 Å². The highest BCUT2D eigenvalue weighted by molar-refractivity contribution is 5.00. The van der Waals surface area contributed by atoms with Crippen molar-refractivity contribution in [2.24, 2.45) is 0 Å². The molecule has 0 amide bonds. The average Bonchev–Trinajstić information content (AvgIpc) is 3.01. The van der Waals surface area contributed by atoms with Gasteiger partial charge in [-0.25, -0.2) is 0 Å². The molecular formula is C12H20N4. The van der Waals surface area contributed by atoms with Gasteiger partial charge in [0.25, 0.3) is 0 Å². The lowest BCUT2D eigenvalue weighted by atomic mass is 9.95. The third-order valence-corrected chi connectivity index (χ3v) is 3.94. The molecule has 1 saturated heterocycles. The summed E-state index contributed by atoms with van der Waals surface area (Å²) in [5.74, 6) is 1.17. The van der Waals surface area contributed by atoms with E-state index in [2.05, 4.69) is 20.1 Å². The lowest BCUT2D eigenvalue weighted by molar-refractivity contribution is 0.337. The maximum absolute atomic E-state index is 4.32. The quantitative estimate of drug-likeness (QED) is 0.831. The summed E-state index contributed by atoms with van der Waals surface area (Å²) in [5.41, 5.74) is 0. The smallest absolute Gasteiger partial charge is 0.150 e. The normalized spacial score (nSPS) is 27.4. The molecule has 1 aromatic rings. The van der Waals surface area contributed by atoms with Crippen LogP contribution in [0, 0.1) is 0 Å². The predicted molar refractivity (Wildman–Crippen MR) is 62.1 cm³/mol. The number of nitrogens with zero attached hydrogens (tertiary/aromatic N) is 3. The van der Waals surface area contributed by atoms with Gasteiger partial charge < -0.3 is 9.88 Å². The minimum atomic E-state index is 0.449. The summed E-state index contributed by atoms with van der Waals surface area (Å²) in [6.45, 7) is 1.13. The molecule has 1 aliphatic heterocycles. The number of rotatable bonds is 2. The number of hydrogen-bond acceptors (Lipinski definition) is 3. The molecule has 1 atom stereocenters. The van der Waals surface area contributed by atoms with Gasteiger partial charge in [0.15, 0.2) is 0 Å². The van der Waals surface area contributed by atoms with E-state index in [4.69, 9.17) is 0 Å². The van der Waals surface area contributed by atoms with Crippen molar-refractivity contribution in [3.05, 3.63) is 12.2 Å². The summed E-state index contributed by atoms with van der Waals surface area (Å²) >= 11 is 0. The molecule has 1 aromatic heterocycles. The Bertz CT molecular complexity index is 335. The summed E-state index contributed by atoms with van der Waals surface area (Å²) in [5, 5.41) is 12.0. The molecule has 0 aromatic carbocycles. The van der Waals surface area contributed by atoms with Crippen LogP contribution >= 0.6 is 0 Å². The Hall–Kier alpha value is -0.900. The molecule has 3 rings (SSSR count). The molecule has 4 heteroatoms. The SMILES string of the molecule is c1nnc([C@H]2CCCN2)n1C1CCCCC1. The van der Waals surface area contributed by atoms with Gasteiger partial charge in [0, 0.05) is 6.04 Å². The van der Waals surface area contributed by atoms with Crippen LogP contribution in [-0.2, 0) is 0 Å². The zero-order chi connectivity index (χ0) is 10.8. The summed E-state index contributed by atoms with van der Waals surface area (Å²) in [6.07, 6.45) is 11.1. The van der Waals surface area contributed by atoms with Crippen molar-refractivity contribution >= 4 is 0 Å². The van der Waals surface area contributed by atoms with Crippen LogP contribution in [0.25, 0.3) is 0 Å². The van der Waals surface area contributed by atoms with Crippen LogP contribution in [0.5, 0.6) is 0 Å². The molecule has 2 fully saturated rings. The van der Waals surface area contributed by atoms with Gasteiger partial charge in [-0.15, -0.1) is 10.2 Å². The molecule has 16 heavy (non-hydrogen) atoms. The first-order chi connectivity index (χ1) is 7.95. The van der Waals surface area contributed by atoms with Crippen molar-refractivity contribution in [2.75, 3.05) is 6.54 Å². The molecule has 2 heterocycles. The van der Waals surface area contributed by atoms with E-state index >= 15 is 0 Å². The molecule has 0 bridgehead atoms. The maximum atomic E-state index is 4.32. The van der Waals surface area contributed by atoms with Gasteiger partial charge in [-0.05, 0) is 32.2 Å². The van der Waals surface area contributed by atoms with Gasteiger partial charge in [-0.2, -0.15) is 0 Å². The van der Waals surface area contributed by atoms with E-state index in [1.54, 1.807) is 0 Å². The van der Waals surface area contributed by atoms with Crippen molar-refractivity contribution in [1.82, 2.24) is 20.1 Å². The highest BCUT2D eigenvalue weighted by Gasteiger charge is 2.25. The van der Waals surface area contributed by atoms with Crippen LogP contribution < -0.4 is 5.32 Å². The van der Waals surface area contributed by atoms with E-state index in [-0.39, 0.29) is 0 Å². The van der Waals surface area contributed by atoms with Crippen LogP contribution in [-0.4, -0.2) is 21.3 Å². The molecule has 0 unspecified atom stereocenters. The Labute approximate surface area is 96.4 Å². The van der Waals surface area contributed by atoms with Crippen LogP contribution in [0.2, 0.25) is 0 Å². The highest BCUT2D eigenvalue weighted by Crippen LogP contribution is 2.31. The van der Waals surface area contributed by atoms with Gasteiger partial charge in [0.2, 0.25) is 0 Å². The molecule has 0 spiro atoms. The number of hydrogen-bond donors (Lipinski definition) is 1. The second-order valence-corrected chi connectivity index (χ2v) is 5.04. The molecule has 1 saturated carbocycles. The van der Waals surface area contributed by atoms with E-state index in [1.807, 2.05) is 6.33 Å². The Balaban J connectivity index is 1.80. The third-order valence-electron chi connectivity index (χ3n) is 3.94. The first-order valence-electron chi connectivity index (χ1n) is 6.58. The van der Waals surface area contributed by atoms with E-state index in [0.717, 1.165) is 6.54 Å². The minimum absolute atomic E-state index is 0.449. The molecule has 4 nitrogen and oxygen atoms in total. The molecule has 88 valence electrons. The Kier molecular flexibility index (Phi) is 2.91. The average molecular weight is 220 g/mol. The minimum Gasteiger partial charge on any atom is -0.313 e. The third kappa shape index (κ3) is 1.86. The van der Waals surface area contributed by atoms with Crippen molar-refractivity contribution in [1.29, 1.82) is 0 Å². The summed E-state index contributed by atoms with van der Waals surface area (Å²) in [4.78, 5) is 0. The molecular weight excluding hydrogens is 200 g/mol. The molecule has 1 N–H and O–H groups in total. The first-order valence-corrected chi connectivity index (χ1v) is 6.58. The fourth-order valence-electron chi connectivity index (χ4n) is 3.05. The maximum Gasteiger partial charge on any atom is 0.150 e. The Morgan fingerprint density at radius 1 is 1.12 bits per heavy atom. The number of nitrogens with one attached hydrogen (secondary N) is 1. The number of aromatic nitrogens is 3. The van der Waals surface area contributed by atoms with Gasteiger partial charge in [0.1, 0.15) is 12.2 Å². The summed E-state index contributed by atoms with van der Waals surface area (Å²) in [6, 6.07) is 1.10. The van der Waals surface area contributed by atoms with E-state index in [9.17, 15) is 0 Å². The first kappa shape index (κ1) is 10.3. The predicted octanol–water partition coefficient (Wildman–Crippen LogP) is 2.21. The zero-order valence-electron chi connectivity index (χ0n) is 9.73. The summed E-state index contributed by atoms with van der Waals surface area (Å²) < 4.78 is 2.34. The standard InChI is InChI=1S/C12H20N4/c1-2-5-10(6-3-1)16-9-14-15-12(16)11-7-4-8-13-11/h9-11,13H,1-8H2/t11-/m1/s1. The lowest BCUT2D eigenvalue weighted by Gasteiger charge is -2.25. The van der Waals surface area contributed by atoms with Crippen molar-refractivity contribution in [3.8, 4) is 0 Å². The van der Waals surface area contributed by atoms with Gasteiger partial charge >= 0.3 is 0 Å². The van der Waals surface area contributed by atoms with Crippen LogP contribution in [0.4, 0.5) is 0 Å².